The zero-order valence-corrected chi connectivity index (χ0v) is 15.1. The Morgan fingerprint density at radius 2 is 2.00 bits per heavy atom. The first kappa shape index (κ1) is 16.8. The Morgan fingerprint density at radius 3 is 2.71 bits per heavy atom. The van der Waals surface area contributed by atoms with E-state index in [1.807, 2.05) is 37.8 Å². The molecule has 6 heteroatoms. The molecule has 1 aliphatic heterocycles. The van der Waals surface area contributed by atoms with Crippen LogP contribution in [0.15, 0.2) is 29.6 Å². The molecule has 0 bridgehead atoms. The summed E-state index contributed by atoms with van der Waals surface area (Å²) in [6, 6.07) is 8.21. The van der Waals surface area contributed by atoms with Crippen LogP contribution in [0.4, 0.5) is 4.79 Å². The van der Waals surface area contributed by atoms with Gasteiger partial charge in [-0.05, 0) is 43.2 Å². The predicted molar refractivity (Wildman–Crippen MR) is 95.0 cm³/mol. The summed E-state index contributed by atoms with van der Waals surface area (Å²) in [5.74, 6) is -0.0395. The average Bonchev–Trinajstić information content (AvgIpc) is 2.91. The zero-order valence-electron chi connectivity index (χ0n) is 14.2. The van der Waals surface area contributed by atoms with Crippen molar-refractivity contribution in [2.24, 2.45) is 0 Å². The SMILES string of the molecule is CC(C)(C)OC(=O)N1CCN(Cc2csc3ccccc23)C(=O)C1. The van der Waals surface area contributed by atoms with Crippen LogP contribution < -0.4 is 0 Å². The van der Waals surface area contributed by atoms with E-state index in [1.54, 1.807) is 11.3 Å². The molecular formula is C18H22N2O3S. The number of rotatable bonds is 2. The number of nitrogens with zero attached hydrogens (tertiary/aromatic N) is 2. The topological polar surface area (TPSA) is 49.9 Å². The molecule has 5 nitrogen and oxygen atoms in total. The van der Waals surface area contributed by atoms with Crippen LogP contribution in [0.1, 0.15) is 26.3 Å². The van der Waals surface area contributed by atoms with Crippen LogP contribution >= 0.6 is 11.3 Å². The molecule has 2 amide bonds. The molecule has 1 aromatic carbocycles. The average molecular weight is 346 g/mol. The van der Waals surface area contributed by atoms with Crippen molar-refractivity contribution >= 4 is 33.4 Å². The fourth-order valence-electron chi connectivity index (χ4n) is 2.72. The van der Waals surface area contributed by atoms with Crippen LogP contribution in [-0.4, -0.2) is 47.0 Å². The van der Waals surface area contributed by atoms with Crippen molar-refractivity contribution in [3.8, 4) is 0 Å². The van der Waals surface area contributed by atoms with Gasteiger partial charge in [0.05, 0.1) is 0 Å². The van der Waals surface area contributed by atoms with Crippen molar-refractivity contribution in [1.29, 1.82) is 0 Å². The predicted octanol–water partition coefficient (Wildman–Crippen LogP) is 3.48. The minimum absolute atomic E-state index is 0.0395. The largest absolute Gasteiger partial charge is 0.444 e. The van der Waals surface area contributed by atoms with E-state index in [0.717, 1.165) is 5.56 Å². The summed E-state index contributed by atoms with van der Waals surface area (Å²) in [4.78, 5) is 27.8. The Bertz CT molecular complexity index is 763. The minimum atomic E-state index is -0.549. The third-order valence-corrected chi connectivity index (χ3v) is 4.91. The standard InChI is InChI=1S/C18H22N2O3S/c1-18(2,3)23-17(22)20-9-8-19(16(21)11-20)10-13-12-24-15-7-5-4-6-14(13)15/h4-7,12H,8-11H2,1-3H3. The van der Waals surface area contributed by atoms with Gasteiger partial charge in [0.1, 0.15) is 12.1 Å². The molecule has 2 heterocycles. The minimum Gasteiger partial charge on any atom is -0.444 e. The number of carbonyl (C=O) groups excluding carboxylic acids is 2. The lowest BCUT2D eigenvalue weighted by molar-refractivity contribution is -0.136. The number of fused-ring (bicyclic) bond motifs is 1. The van der Waals surface area contributed by atoms with Crippen LogP contribution in [0.3, 0.4) is 0 Å². The molecule has 0 spiro atoms. The van der Waals surface area contributed by atoms with Crippen LogP contribution in [0, 0.1) is 0 Å². The van der Waals surface area contributed by atoms with Crippen molar-refractivity contribution in [3.05, 3.63) is 35.2 Å². The third kappa shape index (κ3) is 3.70. The summed E-state index contributed by atoms with van der Waals surface area (Å²) in [7, 11) is 0. The fraction of sp³-hybridized carbons (Fsp3) is 0.444. The van der Waals surface area contributed by atoms with Crippen molar-refractivity contribution < 1.29 is 14.3 Å². The van der Waals surface area contributed by atoms with Gasteiger partial charge in [-0.2, -0.15) is 0 Å². The number of thiophene rings is 1. The Kier molecular flexibility index (Phi) is 4.49. The molecule has 0 aliphatic carbocycles. The molecule has 0 saturated carbocycles. The van der Waals surface area contributed by atoms with Crippen LogP contribution in [0.5, 0.6) is 0 Å². The molecule has 1 saturated heterocycles. The van der Waals surface area contributed by atoms with E-state index in [1.165, 1.54) is 15.0 Å². The number of carbonyl (C=O) groups is 2. The number of hydrogen-bond acceptors (Lipinski definition) is 4. The summed E-state index contributed by atoms with van der Waals surface area (Å²) in [6.45, 7) is 7.17. The van der Waals surface area contributed by atoms with Crippen molar-refractivity contribution in [2.75, 3.05) is 19.6 Å². The van der Waals surface area contributed by atoms with E-state index in [0.29, 0.717) is 19.6 Å². The van der Waals surface area contributed by atoms with E-state index in [4.69, 9.17) is 4.74 Å². The first-order valence-electron chi connectivity index (χ1n) is 8.04. The van der Waals surface area contributed by atoms with Crippen LogP contribution in [-0.2, 0) is 16.1 Å². The molecule has 1 aliphatic rings. The molecule has 2 aromatic rings. The quantitative estimate of drug-likeness (QED) is 0.836. The molecular weight excluding hydrogens is 324 g/mol. The van der Waals surface area contributed by atoms with Gasteiger partial charge in [0.2, 0.25) is 5.91 Å². The fourth-order valence-corrected chi connectivity index (χ4v) is 3.67. The Balaban J connectivity index is 1.64. The summed E-state index contributed by atoms with van der Waals surface area (Å²) in [6.07, 6.45) is -0.420. The van der Waals surface area contributed by atoms with Gasteiger partial charge in [-0.1, -0.05) is 18.2 Å². The Labute approximate surface area is 145 Å². The van der Waals surface area contributed by atoms with Crippen molar-refractivity contribution in [3.63, 3.8) is 0 Å². The first-order chi connectivity index (χ1) is 11.3. The van der Waals surface area contributed by atoms with Crippen LogP contribution in [0.2, 0.25) is 0 Å². The van der Waals surface area contributed by atoms with Gasteiger partial charge in [0, 0.05) is 24.3 Å². The van der Waals surface area contributed by atoms with Gasteiger partial charge in [-0.15, -0.1) is 11.3 Å². The highest BCUT2D eigenvalue weighted by Gasteiger charge is 2.30. The van der Waals surface area contributed by atoms with E-state index >= 15 is 0 Å². The van der Waals surface area contributed by atoms with E-state index < -0.39 is 11.7 Å². The van der Waals surface area contributed by atoms with Crippen LogP contribution in [0.25, 0.3) is 10.1 Å². The monoisotopic (exact) mass is 346 g/mol. The molecule has 0 radical (unpaired) electrons. The molecule has 0 atom stereocenters. The first-order valence-corrected chi connectivity index (χ1v) is 8.92. The maximum absolute atomic E-state index is 12.4. The molecule has 1 aromatic heterocycles. The highest BCUT2D eigenvalue weighted by atomic mass is 32.1. The van der Waals surface area contributed by atoms with Gasteiger partial charge in [0.25, 0.3) is 0 Å². The zero-order chi connectivity index (χ0) is 17.3. The smallest absolute Gasteiger partial charge is 0.410 e. The van der Waals surface area contributed by atoms with E-state index in [9.17, 15) is 9.59 Å². The normalized spacial score (nSPS) is 15.9. The van der Waals surface area contributed by atoms with Crippen molar-refractivity contribution in [1.82, 2.24) is 9.80 Å². The molecule has 3 rings (SSSR count). The second-order valence-electron chi connectivity index (χ2n) is 6.97. The maximum Gasteiger partial charge on any atom is 0.410 e. The second-order valence-corrected chi connectivity index (χ2v) is 7.89. The Morgan fingerprint density at radius 1 is 1.25 bits per heavy atom. The molecule has 0 unspecified atom stereocenters. The lowest BCUT2D eigenvalue weighted by Gasteiger charge is -2.35. The molecule has 1 fully saturated rings. The molecule has 128 valence electrons. The van der Waals surface area contributed by atoms with Gasteiger partial charge in [-0.3, -0.25) is 9.69 Å². The van der Waals surface area contributed by atoms with Gasteiger partial charge >= 0.3 is 6.09 Å². The summed E-state index contributed by atoms with van der Waals surface area (Å²) >= 11 is 1.69. The Hall–Kier alpha value is -2.08. The maximum atomic E-state index is 12.4. The van der Waals surface area contributed by atoms with Gasteiger partial charge in [0.15, 0.2) is 0 Å². The summed E-state index contributed by atoms with van der Waals surface area (Å²) in [5.41, 5.74) is 0.613. The summed E-state index contributed by atoms with van der Waals surface area (Å²) < 4.78 is 6.57. The van der Waals surface area contributed by atoms with E-state index in [-0.39, 0.29) is 12.5 Å². The second kappa shape index (κ2) is 6.43. The molecule has 24 heavy (non-hydrogen) atoms. The number of amides is 2. The third-order valence-electron chi connectivity index (χ3n) is 3.89. The molecule has 0 N–H and O–H groups in total. The lowest BCUT2D eigenvalue weighted by atomic mass is 10.1. The van der Waals surface area contributed by atoms with Gasteiger partial charge in [-0.25, -0.2) is 4.79 Å². The highest BCUT2D eigenvalue weighted by molar-refractivity contribution is 7.17. The van der Waals surface area contributed by atoms with Crippen molar-refractivity contribution in [2.45, 2.75) is 32.9 Å². The highest BCUT2D eigenvalue weighted by Crippen LogP contribution is 2.27. The number of ether oxygens (including phenoxy) is 1. The number of piperazine rings is 1. The lowest BCUT2D eigenvalue weighted by Crippen LogP contribution is -2.52. The van der Waals surface area contributed by atoms with Gasteiger partial charge < -0.3 is 9.64 Å². The van der Waals surface area contributed by atoms with E-state index in [2.05, 4.69) is 17.5 Å². The number of benzene rings is 1. The number of hydrogen-bond donors (Lipinski definition) is 0. The summed E-state index contributed by atoms with van der Waals surface area (Å²) in [5, 5.41) is 3.31.